The second kappa shape index (κ2) is 7.76. The van der Waals surface area contributed by atoms with Crippen LogP contribution in [0.4, 0.5) is 5.69 Å². The Hall–Kier alpha value is -3.07. The van der Waals surface area contributed by atoms with Gasteiger partial charge in [0.05, 0.1) is 11.8 Å². The Kier molecular flexibility index (Phi) is 5.12. The SMILES string of the molecule is Cn1cc2c3c(c[nH]c3c1=O)C(CCC(=O)O)N(CC1CC1)c1ccc(CS(C)(=O)=O)cc1-2. The number of sulfone groups is 1. The molecule has 0 bridgehead atoms. The lowest BCUT2D eigenvalue weighted by atomic mass is 9.97. The van der Waals surface area contributed by atoms with Gasteiger partial charge in [0, 0.05) is 66.4 Å². The summed E-state index contributed by atoms with van der Waals surface area (Å²) in [5, 5.41) is 10.2. The first-order valence-electron chi connectivity index (χ1n) is 11.1. The summed E-state index contributed by atoms with van der Waals surface area (Å²) >= 11 is 0. The van der Waals surface area contributed by atoms with Gasteiger partial charge in [-0.1, -0.05) is 6.07 Å². The lowest BCUT2D eigenvalue weighted by Crippen LogP contribution is -2.31. The van der Waals surface area contributed by atoms with E-state index in [1.807, 2.05) is 24.4 Å². The zero-order valence-electron chi connectivity index (χ0n) is 18.7. The highest BCUT2D eigenvalue weighted by atomic mass is 32.2. The van der Waals surface area contributed by atoms with E-state index in [4.69, 9.17) is 0 Å². The number of pyridine rings is 1. The predicted octanol–water partition coefficient (Wildman–Crippen LogP) is 3.21. The Bertz CT molecular complexity index is 1430. The smallest absolute Gasteiger partial charge is 0.303 e. The number of carboxylic acids is 1. The molecule has 1 saturated carbocycles. The number of nitrogens with zero attached hydrogens (tertiary/aromatic N) is 2. The van der Waals surface area contributed by atoms with Gasteiger partial charge in [-0.3, -0.25) is 9.59 Å². The van der Waals surface area contributed by atoms with Gasteiger partial charge in [-0.15, -0.1) is 0 Å². The molecule has 2 aliphatic rings. The minimum Gasteiger partial charge on any atom is -0.481 e. The molecule has 3 heterocycles. The van der Waals surface area contributed by atoms with E-state index in [0.29, 0.717) is 23.4 Å². The van der Waals surface area contributed by atoms with Crippen LogP contribution in [0.3, 0.4) is 0 Å². The van der Waals surface area contributed by atoms with E-state index in [9.17, 15) is 23.1 Å². The molecular weight excluding hydrogens is 442 g/mol. The lowest BCUT2D eigenvalue weighted by molar-refractivity contribution is -0.137. The maximum absolute atomic E-state index is 12.9. The summed E-state index contributed by atoms with van der Waals surface area (Å²) in [7, 11) is -1.52. The second-order valence-electron chi connectivity index (χ2n) is 9.42. The van der Waals surface area contributed by atoms with Crippen LogP contribution in [0.15, 0.2) is 35.4 Å². The van der Waals surface area contributed by atoms with Gasteiger partial charge in [0.15, 0.2) is 9.84 Å². The number of H-pyrrole nitrogens is 1. The molecule has 0 saturated heterocycles. The van der Waals surface area contributed by atoms with E-state index in [2.05, 4.69) is 9.88 Å². The molecule has 8 nitrogen and oxygen atoms in total. The van der Waals surface area contributed by atoms with Gasteiger partial charge >= 0.3 is 5.97 Å². The number of fused-ring (bicyclic) bond motifs is 2. The number of anilines is 1. The molecule has 0 amide bonds. The van der Waals surface area contributed by atoms with Crippen LogP contribution >= 0.6 is 0 Å². The quantitative estimate of drug-likeness (QED) is 0.549. The van der Waals surface area contributed by atoms with Crippen molar-refractivity contribution in [3.63, 3.8) is 0 Å². The molecule has 1 aliphatic heterocycles. The number of aliphatic carboxylic acids is 1. The summed E-state index contributed by atoms with van der Waals surface area (Å²) in [6.45, 7) is 0.791. The van der Waals surface area contributed by atoms with E-state index in [1.165, 1.54) is 10.8 Å². The second-order valence-corrected chi connectivity index (χ2v) is 11.6. The van der Waals surface area contributed by atoms with E-state index in [-0.39, 0.29) is 23.8 Å². The average molecular weight is 470 g/mol. The van der Waals surface area contributed by atoms with Crippen LogP contribution in [0, 0.1) is 5.92 Å². The topological polar surface area (TPSA) is 112 Å². The summed E-state index contributed by atoms with van der Waals surface area (Å²) in [6, 6.07) is 5.50. The van der Waals surface area contributed by atoms with Gasteiger partial charge in [0.25, 0.3) is 5.56 Å². The molecule has 1 aliphatic carbocycles. The van der Waals surface area contributed by atoms with Crippen LogP contribution in [0.2, 0.25) is 0 Å². The molecule has 1 aromatic carbocycles. The summed E-state index contributed by atoms with van der Waals surface area (Å²) in [5.41, 5.74) is 4.61. The van der Waals surface area contributed by atoms with Gasteiger partial charge < -0.3 is 19.6 Å². The number of aromatic nitrogens is 2. The Morgan fingerprint density at radius 2 is 2.00 bits per heavy atom. The molecule has 1 fully saturated rings. The molecule has 33 heavy (non-hydrogen) atoms. The zero-order chi connectivity index (χ0) is 23.5. The summed E-state index contributed by atoms with van der Waals surface area (Å²) in [6.07, 6.45) is 7.56. The van der Waals surface area contributed by atoms with Crippen molar-refractivity contribution in [3.8, 4) is 11.1 Å². The largest absolute Gasteiger partial charge is 0.481 e. The Labute approximate surface area is 191 Å². The molecule has 1 atom stereocenters. The molecule has 174 valence electrons. The molecular formula is C24H27N3O5S. The molecule has 0 radical (unpaired) electrons. The lowest BCUT2D eigenvalue weighted by Gasteiger charge is -2.34. The average Bonchev–Trinajstić information content (AvgIpc) is 3.46. The van der Waals surface area contributed by atoms with Gasteiger partial charge in [0.1, 0.15) is 5.52 Å². The van der Waals surface area contributed by atoms with E-state index in [1.54, 1.807) is 13.2 Å². The fourth-order valence-corrected chi connectivity index (χ4v) is 5.80. The highest BCUT2D eigenvalue weighted by Crippen LogP contribution is 2.48. The van der Waals surface area contributed by atoms with E-state index < -0.39 is 15.8 Å². The van der Waals surface area contributed by atoms with Gasteiger partial charge in [-0.05, 0) is 42.9 Å². The number of benzene rings is 1. The van der Waals surface area contributed by atoms with Crippen LogP contribution < -0.4 is 10.5 Å². The van der Waals surface area contributed by atoms with Crippen molar-refractivity contribution in [2.75, 3.05) is 17.7 Å². The predicted molar refractivity (Wildman–Crippen MR) is 127 cm³/mol. The van der Waals surface area contributed by atoms with Crippen LogP contribution in [0.25, 0.3) is 22.0 Å². The summed E-state index contributed by atoms with van der Waals surface area (Å²) in [4.78, 5) is 29.8. The maximum atomic E-state index is 12.9. The molecule has 2 N–H and O–H groups in total. The van der Waals surface area contributed by atoms with E-state index >= 15 is 0 Å². The minimum absolute atomic E-state index is 0.0141. The number of aromatic amines is 1. The van der Waals surface area contributed by atoms with Gasteiger partial charge in [0.2, 0.25) is 0 Å². The molecule has 2 aromatic heterocycles. The number of carboxylic acid groups (broad SMARTS) is 1. The van der Waals surface area contributed by atoms with Gasteiger partial charge in [-0.25, -0.2) is 8.42 Å². The third-order valence-electron chi connectivity index (χ3n) is 6.65. The highest BCUT2D eigenvalue weighted by Gasteiger charge is 2.35. The van der Waals surface area contributed by atoms with Crippen molar-refractivity contribution in [1.82, 2.24) is 9.55 Å². The molecule has 3 aromatic rings. The van der Waals surface area contributed by atoms with Crippen LogP contribution in [-0.2, 0) is 27.4 Å². The van der Waals surface area contributed by atoms with Gasteiger partial charge in [-0.2, -0.15) is 0 Å². The van der Waals surface area contributed by atoms with Crippen molar-refractivity contribution >= 4 is 32.4 Å². The molecule has 0 spiro atoms. The van der Waals surface area contributed by atoms with E-state index in [0.717, 1.165) is 47.2 Å². The molecule has 9 heteroatoms. The van der Waals surface area contributed by atoms with Crippen molar-refractivity contribution in [1.29, 1.82) is 0 Å². The zero-order valence-corrected chi connectivity index (χ0v) is 19.5. The number of hydrogen-bond donors (Lipinski definition) is 2. The Morgan fingerprint density at radius 3 is 2.67 bits per heavy atom. The number of rotatable bonds is 7. The third kappa shape index (κ3) is 4.06. The Morgan fingerprint density at radius 1 is 1.24 bits per heavy atom. The number of hydrogen-bond acceptors (Lipinski definition) is 5. The minimum atomic E-state index is -3.22. The fraction of sp³-hybridized carbons (Fsp3) is 0.417. The van der Waals surface area contributed by atoms with Crippen molar-refractivity contribution in [3.05, 3.63) is 52.1 Å². The third-order valence-corrected chi connectivity index (χ3v) is 7.50. The van der Waals surface area contributed by atoms with Crippen LogP contribution in [0.1, 0.15) is 42.9 Å². The highest BCUT2D eigenvalue weighted by molar-refractivity contribution is 7.89. The summed E-state index contributed by atoms with van der Waals surface area (Å²) in [5.74, 6) is -0.381. The fourth-order valence-electron chi connectivity index (χ4n) is 5.01. The Balaban J connectivity index is 1.79. The monoisotopic (exact) mass is 469 g/mol. The first-order valence-corrected chi connectivity index (χ1v) is 13.2. The normalized spacial score (nSPS) is 17.8. The first kappa shape index (κ1) is 21.8. The van der Waals surface area contributed by atoms with Crippen LogP contribution in [-0.4, -0.2) is 41.8 Å². The number of nitrogens with one attached hydrogen (secondary N) is 1. The standard InChI is InChI=1S/C24H27N3O5S/c1-26-12-18-16-9-15(13-33(2,31)32)5-6-19(16)27(11-14-3-4-14)20(7-8-21(28)29)17-10-25-23(22(17)18)24(26)30/h5-6,9-10,12,14,20,25H,3-4,7-8,11,13H2,1-2H3,(H,28,29). The molecule has 1 unspecified atom stereocenters. The number of carbonyl (C=O) groups is 1. The van der Waals surface area contributed by atoms with Crippen molar-refractivity contribution < 1.29 is 18.3 Å². The maximum Gasteiger partial charge on any atom is 0.303 e. The number of aryl methyl sites for hydroxylation is 1. The first-order chi connectivity index (χ1) is 15.6. The molecule has 5 rings (SSSR count). The van der Waals surface area contributed by atoms with Crippen molar-refractivity contribution in [2.24, 2.45) is 13.0 Å². The van der Waals surface area contributed by atoms with Crippen molar-refractivity contribution in [2.45, 2.75) is 37.5 Å². The summed E-state index contributed by atoms with van der Waals surface area (Å²) < 4.78 is 25.5. The van der Waals surface area contributed by atoms with Crippen LogP contribution in [0.5, 0.6) is 0 Å².